The van der Waals surface area contributed by atoms with E-state index in [9.17, 15) is 9.59 Å². The molecule has 0 saturated heterocycles. The summed E-state index contributed by atoms with van der Waals surface area (Å²) in [6.07, 6.45) is 0.285. The first-order valence-electron chi connectivity index (χ1n) is 7.69. The van der Waals surface area contributed by atoms with Gasteiger partial charge in [0, 0.05) is 11.3 Å². The third-order valence-corrected chi connectivity index (χ3v) is 3.55. The van der Waals surface area contributed by atoms with E-state index < -0.39 is 18.0 Å². The van der Waals surface area contributed by atoms with Crippen LogP contribution >= 0.6 is 0 Å². The maximum Gasteiger partial charge on any atom is 0.357 e. The number of amides is 1. The molecule has 5 heteroatoms. The number of hydrogen-bond acceptors (Lipinski definition) is 4. The second-order valence-electron chi connectivity index (χ2n) is 5.15. The molecule has 5 nitrogen and oxygen atoms in total. The number of para-hydroxylation sites is 1. The van der Waals surface area contributed by atoms with Crippen LogP contribution in [0.15, 0.2) is 66.9 Å². The smallest absolute Gasteiger partial charge is 0.357 e. The molecule has 1 amide bonds. The molecule has 2 aromatic rings. The minimum absolute atomic E-state index is 0.182. The zero-order chi connectivity index (χ0) is 16.9. The van der Waals surface area contributed by atoms with Crippen molar-refractivity contribution in [2.75, 3.05) is 11.5 Å². The van der Waals surface area contributed by atoms with Gasteiger partial charge in [-0.15, -0.1) is 0 Å². The van der Waals surface area contributed by atoms with Crippen molar-refractivity contribution in [2.45, 2.75) is 13.0 Å². The Morgan fingerprint density at radius 1 is 1.08 bits per heavy atom. The number of benzene rings is 2. The van der Waals surface area contributed by atoms with Crippen molar-refractivity contribution in [1.82, 2.24) is 0 Å². The Labute approximate surface area is 140 Å². The molecule has 3 rings (SSSR count). The first kappa shape index (κ1) is 15.8. The molecule has 0 aromatic heterocycles. The van der Waals surface area contributed by atoms with E-state index in [1.165, 1.54) is 4.90 Å². The first-order valence-corrected chi connectivity index (χ1v) is 7.69. The zero-order valence-corrected chi connectivity index (χ0v) is 13.2. The lowest BCUT2D eigenvalue weighted by Crippen LogP contribution is -2.46. The SMILES string of the molecule is CCOC(=O)C1OC(c2ccccc2)=CN(c2ccccc2)C1=O. The minimum atomic E-state index is -1.31. The van der Waals surface area contributed by atoms with Crippen molar-refractivity contribution in [2.24, 2.45) is 0 Å². The molecule has 0 radical (unpaired) electrons. The molecule has 1 heterocycles. The van der Waals surface area contributed by atoms with Gasteiger partial charge >= 0.3 is 5.97 Å². The van der Waals surface area contributed by atoms with Gasteiger partial charge < -0.3 is 9.47 Å². The lowest BCUT2D eigenvalue weighted by molar-refractivity contribution is -0.157. The molecule has 0 saturated carbocycles. The van der Waals surface area contributed by atoms with Gasteiger partial charge in [0.15, 0.2) is 0 Å². The average molecular weight is 323 g/mol. The fourth-order valence-electron chi connectivity index (χ4n) is 2.42. The Kier molecular flexibility index (Phi) is 4.61. The summed E-state index contributed by atoms with van der Waals surface area (Å²) in [6.45, 7) is 1.87. The third kappa shape index (κ3) is 3.15. The number of anilines is 1. The van der Waals surface area contributed by atoms with Crippen LogP contribution in [-0.4, -0.2) is 24.6 Å². The summed E-state index contributed by atoms with van der Waals surface area (Å²) >= 11 is 0. The predicted molar refractivity (Wildman–Crippen MR) is 89.9 cm³/mol. The van der Waals surface area contributed by atoms with E-state index in [-0.39, 0.29) is 6.61 Å². The number of ether oxygens (including phenoxy) is 2. The second kappa shape index (κ2) is 7.00. The number of esters is 1. The summed E-state index contributed by atoms with van der Waals surface area (Å²) in [7, 11) is 0. The van der Waals surface area contributed by atoms with Gasteiger partial charge in [0.2, 0.25) is 0 Å². The van der Waals surface area contributed by atoms with Crippen LogP contribution in [0.5, 0.6) is 0 Å². The number of carbonyl (C=O) groups excluding carboxylic acids is 2. The second-order valence-corrected chi connectivity index (χ2v) is 5.15. The Hall–Kier alpha value is -3.08. The zero-order valence-electron chi connectivity index (χ0n) is 13.2. The van der Waals surface area contributed by atoms with Crippen molar-refractivity contribution >= 4 is 23.3 Å². The van der Waals surface area contributed by atoms with E-state index in [0.717, 1.165) is 5.56 Å². The summed E-state index contributed by atoms with van der Waals surface area (Å²) in [5.74, 6) is -0.721. The van der Waals surface area contributed by atoms with Crippen LogP contribution in [0.1, 0.15) is 12.5 Å². The van der Waals surface area contributed by atoms with Crippen LogP contribution in [-0.2, 0) is 19.1 Å². The van der Waals surface area contributed by atoms with E-state index >= 15 is 0 Å². The largest absolute Gasteiger partial charge is 0.466 e. The van der Waals surface area contributed by atoms with E-state index in [4.69, 9.17) is 9.47 Å². The number of rotatable bonds is 4. The molecule has 1 aliphatic heterocycles. The van der Waals surface area contributed by atoms with E-state index in [0.29, 0.717) is 11.4 Å². The van der Waals surface area contributed by atoms with Crippen molar-refractivity contribution in [3.05, 3.63) is 72.4 Å². The summed E-state index contributed by atoms with van der Waals surface area (Å²) in [5.41, 5.74) is 1.44. The monoisotopic (exact) mass is 323 g/mol. The van der Waals surface area contributed by atoms with Crippen LogP contribution in [0.3, 0.4) is 0 Å². The van der Waals surface area contributed by atoms with E-state index in [1.807, 2.05) is 48.5 Å². The van der Waals surface area contributed by atoms with Crippen molar-refractivity contribution in [1.29, 1.82) is 0 Å². The summed E-state index contributed by atoms with van der Waals surface area (Å²) in [6, 6.07) is 18.4. The average Bonchev–Trinajstić information content (AvgIpc) is 2.63. The number of nitrogens with zero attached hydrogens (tertiary/aromatic N) is 1. The number of carbonyl (C=O) groups is 2. The quantitative estimate of drug-likeness (QED) is 0.641. The van der Waals surface area contributed by atoms with Gasteiger partial charge in [-0.2, -0.15) is 0 Å². The minimum Gasteiger partial charge on any atom is -0.466 e. The first-order chi connectivity index (χ1) is 11.7. The van der Waals surface area contributed by atoms with Crippen LogP contribution in [0.2, 0.25) is 0 Å². The van der Waals surface area contributed by atoms with Gasteiger partial charge in [-0.05, 0) is 19.1 Å². The van der Waals surface area contributed by atoms with Gasteiger partial charge in [-0.25, -0.2) is 4.79 Å². The fourth-order valence-corrected chi connectivity index (χ4v) is 2.42. The standard InChI is InChI=1S/C19H17NO4/c1-2-23-19(22)17-18(21)20(15-11-7-4-8-12-15)13-16(24-17)14-9-5-3-6-10-14/h3-13,17H,2H2,1H3. The molecule has 24 heavy (non-hydrogen) atoms. The van der Waals surface area contributed by atoms with Crippen LogP contribution < -0.4 is 4.90 Å². The maximum absolute atomic E-state index is 12.7. The maximum atomic E-state index is 12.7. The lowest BCUT2D eigenvalue weighted by Gasteiger charge is -2.30. The molecule has 1 atom stereocenters. The van der Waals surface area contributed by atoms with E-state index in [1.54, 1.807) is 25.3 Å². The predicted octanol–water partition coefficient (Wildman–Crippen LogP) is 2.98. The molecular weight excluding hydrogens is 306 g/mol. The van der Waals surface area contributed by atoms with Crippen molar-refractivity contribution < 1.29 is 19.1 Å². The Morgan fingerprint density at radius 2 is 1.71 bits per heavy atom. The summed E-state index contributed by atoms with van der Waals surface area (Å²) < 4.78 is 10.6. The highest BCUT2D eigenvalue weighted by atomic mass is 16.6. The van der Waals surface area contributed by atoms with Gasteiger partial charge in [0.05, 0.1) is 12.8 Å². The molecule has 0 fully saturated rings. The van der Waals surface area contributed by atoms with Crippen LogP contribution in [0, 0.1) is 0 Å². The van der Waals surface area contributed by atoms with Crippen LogP contribution in [0.4, 0.5) is 5.69 Å². The fraction of sp³-hybridized carbons (Fsp3) is 0.158. The van der Waals surface area contributed by atoms with E-state index in [2.05, 4.69) is 0 Å². The van der Waals surface area contributed by atoms with Gasteiger partial charge in [-0.1, -0.05) is 48.5 Å². The normalized spacial score (nSPS) is 17.0. The topological polar surface area (TPSA) is 55.8 Å². The molecule has 122 valence electrons. The molecular formula is C19H17NO4. The van der Waals surface area contributed by atoms with Crippen molar-refractivity contribution in [3.8, 4) is 0 Å². The molecule has 0 spiro atoms. The molecule has 1 unspecified atom stereocenters. The highest BCUT2D eigenvalue weighted by Crippen LogP contribution is 2.28. The Balaban J connectivity index is 2.02. The van der Waals surface area contributed by atoms with Crippen LogP contribution in [0.25, 0.3) is 5.76 Å². The number of hydrogen-bond donors (Lipinski definition) is 0. The highest BCUT2D eigenvalue weighted by molar-refractivity contribution is 6.12. The molecule has 1 aliphatic rings. The lowest BCUT2D eigenvalue weighted by atomic mass is 10.1. The van der Waals surface area contributed by atoms with Crippen molar-refractivity contribution in [3.63, 3.8) is 0 Å². The highest BCUT2D eigenvalue weighted by Gasteiger charge is 2.38. The van der Waals surface area contributed by atoms with Gasteiger partial charge in [0.25, 0.3) is 12.0 Å². The summed E-state index contributed by atoms with van der Waals surface area (Å²) in [4.78, 5) is 26.2. The van der Waals surface area contributed by atoms with Gasteiger partial charge in [0.1, 0.15) is 5.76 Å². The Bertz CT molecular complexity index is 755. The molecule has 0 aliphatic carbocycles. The molecule has 0 bridgehead atoms. The third-order valence-electron chi connectivity index (χ3n) is 3.55. The Morgan fingerprint density at radius 3 is 2.33 bits per heavy atom. The van der Waals surface area contributed by atoms with Gasteiger partial charge in [-0.3, -0.25) is 9.69 Å². The molecule has 0 N–H and O–H groups in total. The summed E-state index contributed by atoms with van der Waals surface area (Å²) in [5, 5.41) is 0. The molecule has 2 aromatic carbocycles.